The van der Waals surface area contributed by atoms with Crippen molar-refractivity contribution in [1.29, 1.82) is 5.41 Å². The molecule has 11 nitrogen and oxygen atoms in total. The average molecular weight is 605 g/mol. The molecule has 0 aliphatic carbocycles. The number of alkyl halides is 3. The molecule has 5 atom stereocenters. The minimum Gasteiger partial charge on any atom is -0.463 e. The number of halogens is 3. The van der Waals surface area contributed by atoms with Crippen molar-refractivity contribution in [3.8, 4) is 0 Å². The molecule has 0 radical (unpaired) electrons. The Balaban J connectivity index is 3.63. The molecule has 1 saturated heterocycles. The Hall–Kier alpha value is -1.82. The van der Waals surface area contributed by atoms with Crippen LogP contribution >= 0.6 is 34.8 Å². The van der Waals surface area contributed by atoms with Crippen LogP contribution in [0.25, 0.3) is 0 Å². The first-order valence-corrected chi connectivity index (χ1v) is 13.3. The number of esters is 4. The molecule has 1 unspecified atom stereocenters. The van der Waals surface area contributed by atoms with E-state index in [4.69, 9.17) is 68.6 Å². The first-order chi connectivity index (χ1) is 17.4. The zero-order valence-corrected chi connectivity index (χ0v) is 24.9. The van der Waals surface area contributed by atoms with E-state index in [0.29, 0.717) is 0 Å². The number of rotatable bonds is 10. The van der Waals surface area contributed by atoms with Gasteiger partial charge < -0.3 is 28.4 Å². The Morgan fingerprint density at radius 1 is 0.684 bits per heavy atom. The first-order valence-electron chi connectivity index (χ1n) is 12.1. The lowest BCUT2D eigenvalue weighted by Crippen LogP contribution is -2.64. The number of ether oxygens (including phenoxy) is 6. The van der Waals surface area contributed by atoms with Crippen molar-refractivity contribution in [2.75, 3.05) is 6.61 Å². The van der Waals surface area contributed by atoms with Crippen LogP contribution in [0.15, 0.2) is 0 Å². The van der Waals surface area contributed by atoms with E-state index < -0.39 is 94.6 Å². The van der Waals surface area contributed by atoms with Crippen LogP contribution in [-0.4, -0.2) is 70.9 Å². The molecule has 0 aromatic rings. The molecule has 0 saturated carbocycles. The van der Waals surface area contributed by atoms with E-state index in [2.05, 4.69) is 0 Å². The number of carbonyl (C=O) groups is 4. The summed E-state index contributed by atoms with van der Waals surface area (Å²) < 4.78 is 31.1. The van der Waals surface area contributed by atoms with Crippen LogP contribution in [0.4, 0.5) is 0 Å². The Morgan fingerprint density at radius 2 is 1.08 bits per heavy atom. The van der Waals surface area contributed by atoms with Gasteiger partial charge in [-0.25, -0.2) is 0 Å². The standard InChI is InChI=1S/C24H36Cl3NO10/c1-10(2)18(29)33-9-14-15(35-19(30)11(3)4)16(36-20(31)12(5)6)17(37-21(32)13(7)8)22(34-14)38-23(28)24(25,26)27/h10-17,22,28H,9H2,1-8H3/t14-,15-,16+,17-,22?/m1/s1. The van der Waals surface area contributed by atoms with Crippen molar-refractivity contribution >= 4 is 64.6 Å². The zero-order valence-electron chi connectivity index (χ0n) is 22.6. The van der Waals surface area contributed by atoms with Crippen molar-refractivity contribution in [2.45, 2.75) is 89.9 Å². The van der Waals surface area contributed by atoms with Gasteiger partial charge in [0.15, 0.2) is 12.2 Å². The van der Waals surface area contributed by atoms with E-state index >= 15 is 0 Å². The quantitative estimate of drug-likeness (QED) is 0.128. The lowest BCUT2D eigenvalue weighted by atomic mass is 9.97. The minimum atomic E-state index is -2.32. The molecule has 0 bridgehead atoms. The maximum Gasteiger partial charge on any atom is 0.309 e. The molecule has 1 heterocycles. The van der Waals surface area contributed by atoms with Crippen LogP contribution in [0.5, 0.6) is 0 Å². The molecule has 0 aromatic carbocycles. The summed E-state index contributed by atoms with van der Waals surface area (Å²) in [7, 11) is 0. The molecule has 1 rings (SSSR count). The Morgan fingerprint density at radius 3 is 1.47 bits per heavy atom. The van der Waals surface area contributed by atoms with Crippen molar-refractivity contribution < 1.29 is 47.6 Å². The molecule has 38 heavy (non-hydrogen) atoms. The molecule has 0 spiro atoms. The van der Waals surface area contributed by atoms with Gasteiger partial charge in [-0.05, 0) is 0 Å². The normalized spacial score (nSPS) is 23.8. The summed E-state index contributed by atoms with van der Waals surface area (Å²) in [5, 5.41) is 8.00. The second-order valence-corrected chi connectivity index (χ2v) is 12.2. The van der Waals surface area contributed by atoms with E-state index in [1.165, 1.54) is 0 Å². The smallest absolute Gasteiger partial charge is 0.309 e. The summed E-state index contributed by atoms with van der Waals surface area (Å²) in [4.78, 5) is 50.2. The predicted molar refractivity (Wildman–Crippen MR) is 138 cm³/mol. The third-order valence-corrected chi connectivity index (χ3v) is 5.63. The predicted octanol–water partition coefficient (Wildman–Crippen LogP) is 3.98. The summed E-state index contributed by atoms with van der Waals surface area (Å²) in [5.74, 6) is -5.97. The molecule has 1 aliphatic rings. The fourth-order valence-electron chi connectivity index (χ4n) is 2.83. The number of nitrogens with one attached hydrogen (secondary N) is 1. The second kappa shape index (κ2) is 14.5. The third kappa shape index (κ3) is 10.1. The molecule has 1 fully saturated rings. The fourth-order valence-corrected chi connectivity index (χ4v) is 2.97. The van der Waals surface area contributed by atoms with Crippen molar-refractivity contribution in [3.05, 3.63) is 0 Å². The summed E-state index contributed by atoms with van der Waals surface area (Å²) in [6.45, 7) is 12.2. The lowest BCUT2D eigenvalue weighted by molar-refractivity contribution is -0.294. The van der Waals surface area contributed by atoms with Crippen molar-refractivity contribution in [3.63, 3.8) is 0 Å². The van der Waals surface area contributed by atoms with Gasteiger partial charge in [-0.3, -0.25) is 24.6 Å². The van der Waals surface area contributed by atoms with E-state index in [1.54, 1.807) is 55.4 Å². The van der Waals surface area contributed by atoms with Crippen LogP contribution in [0, 0.1) is 29.1 Å². The molecule has 1 aliphatic heterocycles. The van der Waals surface area contributed by atoms with Crippen LogP contribution < -0.4 is 0 Å². The maximum atomic E-state index is 12.7. The van der Waals surface area contributed by atoms with Gasteiger partial charge in [0.1, 0.15) is 12.7 Å². The Kier molecular flexibility index (Phi) is 13.1. The second-order valence-electron chi connectivity index (χ2n) is 9.94. The number of carbonyl (C=O) groups excluding carboxylic acids is 4. The first kappa shape index (κ1) is 34.2. The summed E-state index contributed by atoms with van der Waals surface area (Å²) in [6.07, 6.45) is -7.43. The van der Waals surface area contributed by atoms with E-state index in [0.717, 1.165) is 0 Å². The Labute approximate surface area is 237 Å². The van der Waals surface area contributed by atoms with Crippen molar-refractivity contribution in [1.82, 2.24) is 0 Å². The third-order valence-electron chi connectivity index (χ3n) is 5.11. The van der Waals surface area contributed by atoms with Crippen LogP contribution in [0.2, 0.25) is 0 Å². The minimum absolute atomic E-state index is 0.464. The molecule has 0 aromatic heterocycles. The van der Waals surface area contributed by atoms with Crippen LogP contribution in [0.1, 0.15) is 55.4 Å². The molecule has 1 N–H and O–H groups in total. The van der Waals surface area contributed by atoms with Gasteiger partial charge in [-0.2, -0.15) is 0 Å². The highest BCUT2D eigenvalue weighted by Crippen LogP contribution is 2.34. The maximum absolute atomic E-state index is 12.7. The molecular formula is C24H36Cl3NO10. The lowest BCUT2D eigenvalue weighted by Gasteiger charge is -2.44. The SMILES string of the molecule is CC(C)C(=O)OC[C@H]1OC(OC(=N)C(Cl)(Cl)Cl)[C@H](OC(=O)C(C)C)[C@@H](OC(=O)C(C)C)[C@@H]1OC(=O)C(C)C. The molecule has 14 heteroatoms. The van der Waals surface area contributed by atoms with E-state index in [-0.39, 0.29) is 0 Å². The van der Waals surface area contributed by atoms with Gasteiger partial charge in [0.2, 0.25) is 18.3 Å². The zero-order chi connectivity index (χ0) is 29.5. The monoisotopic (exact) mass is 603 g/mol. The summed E-state index contributed by atoms with van der Waals surface area (Å²) in [6, 6.07) is 0. The van der Waals surface area contributed by atoms with Crippen LogP contribution in [-0.2, 0) is 47.6 Å². The van der Waals surface area contributed by atoms with Crippen molar-refractivity contribution in [2.24, 2.45) is 23.7 Å². The van der Waals surface area contributed by atoms with Gasteiger partial charge in [-0.15, -0.1) is 0 Å². The van der Waals surface area contributed by atoms with Gasteiger partial charge in [0.25, 0.3) is 3.79 Å². The van der Waals surface area contributed by atoms with Crippen LogP contribution in [0.3, 0.4) is 0 Å². The highest BCUT2D eigenvalue weighted by Gasteiger charge is 2.55. The number of hydrogen-bond donors (Lipinski definition) is 1. The summed E-state index contributed by atoms with van der Waals surface area (Å²) >= 11 is 17.3. The molecule has 218 valence electrons. The number of hydrogen-bond acceptors (Lipinski definition) is 11. The molecule has 0 amide bonds. The van der Waals surface area contributed by atoms with Gasteiger partial charge in [0, 0.05) is 0 Å². The summed E-state index contributed by atoms with van der Waals surface area (Å²) in [5.41, 5.74) is 0. The Bertz CT molecular complexity index is 872. The van der Waals surface area contributed by atoms with Gasteiger partial charge in [-0.1, -0.05) is 90.2 Å². The highest BCUT2D eigenvalue weighted by atomic mass is 35.6. The molecular weight excluding hydrogens is 569 g/mol. The van der Waals surface area contributed by atoms with E-state index in [9.17, 15) is 19.2 Å². The average Bonchev–Trinajstić information content (AvgIpc) is 2.79. The van der Waals surface area contributed by atoms with E-state index in [1.807, 2.05) is 0 Å². The fraction of sp³-hybridized carbons (Fsp3) is 0.792. The largest absolute Gasteiger partial charge is 0.463 e. The van der Waals surface area contributed by atoms with Gasteiger partial charge in [0.05, 0.1) is 23.7 Å². The highest BCUT2D eigenvalue weighted by molar-refractivity contribution is 6.76. The van der Waals surface area contributed by atoms with Gasteiger partial charge >= 0.3 is 23.9 Å². The topological polar surface area (TPSA) is 148 Å².